The Hall–Kier alpha value is -2.69. The molecule has 2 aromatic carbocycles. The number of benzene rings is 2. The highest BCUT2D eigenvalue weighted by molar-refractivity contribution is 5.85. The summed E-state index contributed by atoms with van der Waals surface area (Å²) in [6.45, 7) is 10.2. The van der Waals surface area contributed by atoms with Gasteiger partial charge in [-0.3, -0.25) is 5.32 Å². The maximum absolute atomic E-state index is 11.6. The summed E-state index contributed by atoms with van der Waals surface area (Å²) < 4.78 is 16.5. The van der Waals surface area contributed by atoms with Gasteiger partial charge in [0.2, 0.25) is 0 Å². The second kappa shape index (κ2) is 8.61. The number of nitrogens with one attached hydrogen (secondary N) is 1. The van der Waals surface area contributed by atoms with Crippen molar-refractivity contribution in [2.24, 2.45) is 0 Å². The predicted molar refractivity (Wildman–Crippen MR) is 104 cm³/mol. The average Bonchev–Trinajstić information content (AvgIpc) is 2.58. The van der Waals surface area contributed by atoms with Crippen LogP contribution in [0.3, 0.4) is 0 Å². The van der Waals surface area contributed by atoms with Gasteiger partial charge in [0.15, 0.2) is 0 Å². The lowest BCUT2D eigenvalue weighted by Gasteiger charge is -2.17. The van der Waals surface area contributed by atoms with Crippen molar-refractivity contribution in [1.82, 2.24) is 0 Å². The molecule has 0 saturated heterocycles. The molecule has 0 heterocycles. The summed E-state index contributed by atoms with van der Waals surface area (Å²) in [6, 6.07) is 9.56. The van der Waals surface area contributed by atoms with Gasteiger partial charge >= 0.3 is 6.09 Å². The number of carbonyl (C=O) groups excluding carboxylic acids is 1. The number of methoxy groups -OCH3 is 1. The minimum absolute atomic E-state index is 0.326. The van der Waals surface area contributed by atoms with Crippen LogP contribution < -0.4 is 14.8 Å². The van der Waals surface area contributed by atoms with Crippen molar-refractivity contribution in [3.63, 3.8) is 0 Å². The number of carbonyl (C=O) groups is 1. The number of aryl methyl sites for hydroxylation is 2. The molecule has 26 heavy (non-hydrogen) atoms. The summed E-state index contributed by atoms with van der Waals surface area (Å²) in [7, 11) is 1.67. The molecule has 2 rings (SSSR count). The Morgan fingerprint density at radius 1 is 1.12 bits per heavy atom. The summed E-state index contributed by atoms with van der Waals surface area (Å²) in [4.78, 5) is 11.6. The molecule has 0 radical (unpaired) electrons. The third-order valence-corrected chi connectivity index (χ3v) is 4.03. The van der Waals surface area contributed by atoms with Crippen molar-refractivity contribution in [3.8, 4) is 17.2 Å². The van der Waals surface area contributed by atoms with Crippen molar-refractivity contribution >= 4 is 11.8 Å². The summed E-state index contributed by atoms with van der Waals surface area (Å²) in [6.07, 6.45) is -0.461. The molecule has 0 atom stereocenters. The van der Waals surface area contributed by atoms with Gasteiger partial charge in [-0.2, -0.15) is 0 Å². The topological polar surface area (TPSA) is 56.8 Å². The molecule has 0 aromatic heterocycles. The molecule has 2 aromatic rings. The van der Waals surface area contributed by atoms with Gasteiger partial charge in [0, 0.05) is 11.3 Å². The second-order valence-electron chi connectivity index (χ2n) is 6.45. The van der Waals surface area contributed by atoms with Gasteiger partial charge in [-0.1, -0.05) is 13.8 Å². The molecule has 0 bridgehead atoms. The van der Waals surface area contributed by atoms with Gasteiger partial charge in [-0.05, 0) is 68.1 Å². The van der Waals surface area contributed by atoms with E-state index in [0.29, 0.717) is 18.2 Å². The van der Waals surface area contributed by atoms with Crippen LogP contribution in [0.2, 0.25) is 0 Å². The summed E-state index contributed by atoms with van der Waals surface area (Å²) in [5.74, 6) is 2.72. The summed E-state index contributed by atoms with van der Waals surface area (Å²) in [5.41, 5.74) is 3.64. The lowest BCUT2D eigenvalue weighted by Crippen LogP contribution is -2.13. The van der Waals surface area contributed by atoms with Crippen LogP contribution in [0.15, 0.2) is 30.3 Å². The Morgan fingerprint density at radius 3 is 2.31 bits per heavy atom. The van der Waals surface area contributed by atoms with E-state index in [0.717, 1.165) is 33.9 Å². The minimum atomic E-state index is -0.461. The molecule has 1 amide bonds. The minimum Gasteiger partial charge on any atom is -0.496 e. The number of amides is 1. The first-order chi connectivity index (χ1) is 12.3. The van der Waals surface area contributed by atoms with Gasteiger partial charge in [-0.15, -0.1) is 0 Å². The maximum Gasteiger partial charge on any atom is 0.411 e. The standard InChI is InChI=1S/C21H27NO4/c1-7-25-21(23)22-16-10-14(4)20(15(5)11-16)26-17-8-9-19(24-6)18(12-17)13(2)3/h8-13H,7H2,1-6H3,(H,22,23). The first kappa shape index (κ1) is 19.6. The molecule has 0 spiro atoms. The third-order valence-electron chi connectivity index (χ3n) is 4.03. The normalized spacial score (nSPS) is 10.6. The molecule has 0 unspecified atom stereocenters. The Balaban J connectivity index is 2.27. The number of hydrogen-bond acceptors (Lipinski definition) is 4. The van der Waals surface area contributed by atoms with Gasteiger partial charge in [-0.25, -0.2) is 4.79 Å². The van der Waals surface area contributed by atoms with Gasteiger partial charge in [0.1, 0.15) is 17.2 Å². The highest BCUT2D eigenvalue weighted by atomic mass is 16.5. The van der Waals surface area contributed by atoms with E-state index in [-0.39, 0.29) is 0 Å². The van der Waals surface area contributed by atoms with Crippen molar-refractivity contribution in [1.29, 1.82) is 0 Å². The number of anilines is 1. The van der Waals surface area contributed by atoms with Crippen LogP contribution in [0, 0.1) is 13.8 Å². The average molecular weight is 357 g/mol. The molecule has 0 fully saturated rings. The predicted octanol–water partition coefficient (Wildman–Crippen LogP) is 5.80. The van der Waals surface area contributed by atoms with Crippen LogP contribution in [0.25, 0.3) is 0 Å². The Kier molecular flexibility index (Phi) is 6.50. The zero-order chi connectivity index (χ0) is 19.3. The van der Waals surface area contributed by atoms with Gasteiger partial charge in [0.05, 0.1) is 13.7 Å². The second-order valence-corrected chi connectivity index (χ2v) is 6.45. The van der Waals surface area contributed by atoms with Crippen LogP contribution in [0.4, 0.5) is 10.5 Å². The number of hydrogen-bond donors (Lipinski definition) is 1. The Morgan fingerprint density at radius 2 is 1.77 bits per heavy atom. The number of ether oxygens (including phenoxy) is 3. The molecule has 0 aliphatic heterocycles. The van der Waals surface area contributed by atoms with Crippen molar-refractivity contribution in [2.75, 3.05) is 19.0 Å². The first-order valence-electron chi connectivity index (χ1n) is 8.76. The van der Waals surface area contributed by atoms with E-state index in [1.165, 1.54) is 0 Å². The van der Waals surface area contributed by atoms with E-state index in [9.17, 15) is 4.79 Å². The molecule has 0 saturated carbocycles. The molecular weight excluding hydrogens is 330 g/mol. The van der Waals surface area contributed by atoms with E-state index < -0.39 is 6.09 Å². The molecule has 5 heteroatoms. The highest BCUT2D eigenvalue weighted by Crippen LogP contribution is 2.35. The summed E-state index contributed by atoms with van der Waals surface area (Å²) in [5, 5.41) is 2.72. The van der Waals surface area contributed by atoms with E-state index in [1.807, 2.05) is 44.2 Å². The third kappa shape index (κ3) is 4.69. The largest absolute Gasteiger partial charge is 0.496 e. The fourth-order valence-electron chi connectivity index (χ4n) is 2.81. The highest BCUT2D eigenvalue weighted by Gasteiger charge is 2.13. The Labute approximate surface area is 155 Å². The molecule has 5 nitrogen and oxygen atoms in total. The van der Waals surface area contributed by atoms with Gasteiger partial charge < -0.3 is 14.2 Å². The van der Waals surface area contributed by atoms with Crippen LogP contribution >= 0.6 is 0 Å². The molecule has 0 aliphatic rings. The smallest absolute Gasteiger partial charge is 0.411 e. The summed E-state index contributed by atoms with van der Waals surface area (Å²) >= 11 is 0. The lowest BCUT2D eigenvalue weighted by molar-refractivity contribution is 0.168. The zero-order valence-electron chi connectivity index (χ0n) is 16.3. The fraction of sp³-hybridized carbons (Fsp3) is 0.381. The van der Waals surface area contributed by atoms with Crippen LogP contribution in [0.1, 0.15) is 43.4 Å². The fourth-order valence-corrected chi connectivity index (χ4v) is 2.81. The molecule has 140 valence electrons. The van der Waals surface area contributed by atoms with Crippen LogP contribution in [-0.2, 0) is 4.74 Å². The van der Waals surface area contributed by atoms with E-state index in [2.05, 4.69) is 19.2 Å². The molecular formula is C21H27NO4. The monoisotopic (exact) mass is 357 g/mol. The van der Waals surface area contributed by atoms with E-state index in [1.54, 1.807) is 14.0 Å². The SMILES string of the molecule is CCOC(=O)Nc1cc(C)c(Oc2ccc(OC)c(C(C)C)c2)c(C)c1. The molecule has 0 aliphatic carbocycles. The van der Waals surface area contributed by atoms with E-state index >= 15 is 0 Å². The number of rotatable bonds is 6. The maximum atomic E-state index is 11.6. The van der Waals surface area contributed by atoms with E-state index in [4.69, 9.17) is 14.2 Å². The van der Waals surface area contributed by atoms with Crippen molar-refractivity contribution in [3.05, 3.63) is 47.0 Å². The molecule has 1 N–H and O–H groups in total. The van der Waals surface area contributed by atoms with Crippen LogP contribution in [-0.4, -0.2) is 19.8 Å². The van der Waals surface area contributed by atoms with Crippen molar-refractivity contribution < 1.29 is 19.0 Å². The van der Waals surface area contributed by atoms with Crippen molar-refractivity contribution in [2.45, 2.75) is 40.5 Å². The van der Waals surface area contributed by atoms with Gasteiger partial charge in [0.25, 0.3) is 0 Å². The quantitative estimate of drug-likeness (QED) is 0.710. The lowest BCUT2D eigenvalue weighted by atomic mass is 10.0. The first-order valence-corrected chi connectivity index (χ1v) is 8.76. The van der Waals surface area contributed by atoms with Crippen LogP contribution in [0.5, 0.6) is 17.2 Å². The zero-order valence-corrected chi connectivity index (χ0v) is 16.3. The Bertz CT molecular complexity index is 761.